The molecule has 120 valence electrons. The Bertz CT molecular complexity index is 397. The van der Waals surface area contributed by atoms with Gasteiger partial charge in [0.15, 0.2) is 0 Å². The Labute approximate surface area is 131 Å². The lowest BCUT2D eigenvalue weighted by Crippen LogP contribution is -2.46. The Hall–Kier alpha value is -0.860. The van der Waals surface area contributed by atoms with E-state index in [2.05, 4.69) is 70.3 Å². The highest BCUT2D eigenvalue weighted by atomic mass is 16.5. The van der Waals surface area contributed by atoms with Crippen molar-refractivity contribution in [3.63, 3.8) is 0 Å². The predicted molar refractivity (Wildman–Crippen MR) is 91.9 cm³/mol. The third kappa shape index (κ3) is 5.44. The van der Waals surface area contributed by atoms with Gasteiger partial charge in [0.05, 0.1) is 5.60 Å². The summed E-state index contributed by atoms with van der Waals surface area (Å²) < 4.78 is 5.58. The number of methoxy groups -OCH3 is 1. The summed E-state index contributed by atoms with van der Waals surface area (Å²) >= 11 is 0. The summed E-state index contributed by atoms with van der Waals surface area (Å²) in [5, 5.41) is 3.75. The molecule has 0 amide bonds. The van der Waals surface area contributed by atoms with Gasteiger partial charge in [-0.2, -0.15) is 0 Å². The van der Waals surface area contributed by atoms with E-state index in [4.69, 9.17) is 4.74 Å². The third-order valence-corrected chi connectivity index (χ3v) is 4.62. The van der Waals surface area contributed by atoms with Gasteiger partial charge in [-0.1, -0.05) is 51.1 Å². The van der Waals surface area contributed by atoms with Crippen molar-refractivity contribution in [1.82, 2.24) is 5.32 Å². The zero-order valence-electron chi connectivity index (χ0n) is 14.7. The second kappa shape index (κ2) is 7.95. The zero-order chi connectivity index (χ0) is 15.9. The fourth-order valence-corrected chi connectivity index (χ4v) is 2.70. The molecule has 0 spiro atoms. The normalized spacial score (nSPS) is 14.2. The Kier molecular flexibility index (Phi) is 6.89. The van der Waals surface area contributed by atoms with Gasteiger partial charge in [-0.05, 0) is 45.2 Å². The van der Waals surface area contributed by atoms with E-state index >= 15 is 0 Å². The van der Waals surface area contributed by atoms with Gasteiger partial charge in [-0.25, -0.2) is 0 Å². The highest BCUT2D eigenvalue weighted by Crippen LogP contribution is 2.31. The lowest BCUT2D eigenvalue weighted by atomic mass is 9.75. The second-order valence-corrected chi connectivity index (χ2v) is 7.10. The van der Waals surface area contributed by atoms with Crippen LogP contribution in [0, 0.1) is 0 Å². The summed E-state index contributed by atoms with van der Waals surface area (Å²) in [5.41, 5.74) is 1.45. The Morgan fingerprint density at radius 1 is 1.10 bits per heavy atom. The first-order chi connectivity index (χ1) is 9.83. The second-order valence-electron chi connectivity index (χ2n) is 7.10. The molecule has 0 aliphatic carbocycles. The van der Waals surface area contributed by atoms with Crippen LogP contribution in [0.1, 0.15) is 59.4 Å². The van der Waals surface area contributed by atoms with Crippen molar-refractivity contribution in [3.05, 3.63) is 35.9 Å². The van der Waals surface area contributed by atoms with Gasteiger partial charge in [0.1, 0.15) is 0 Å². The molecule has 0 saturated carbocycles. The van der Waals surface area contributed by atoms with Gasteiger partial charge < -0.3 is 10.1 Å². The molecular weight excluding hydrogens is 258 g/mol. The molecule has 1 N–H and O–H groups in total. The standard InChI is InChI=1S/C19H33NO/c1-7-15-20-17(13-14-18(2,3)21-6)19(4,5)16-11-9-8-10-12-16/h8-12,17,20H,7,13-15H2,1-6H3. The van der Waals surface area contributed by atoms with Crippen molar-refractivity contribution >= 4 is 0 Å². The number of benzene rings is 1. The smallest absolute Gasteiger partial charge is 0.0623 e. The van der Waals surface area contributed by atoms with E-state index in [9.17, 15) is 0 Å². The average molecular weight is 291 g/mol. The Morgan fingerprint density at radius 2 is 1.71 bits per heavy atom. The van der Waals surface area contributed by atoms with Crippen LogP contribution in [0.4, 0.5) is 0 Å². The largest absolute Gasteiger partial charge is 0.379 e. The molecule has 1 aromatic rings. The molecule has 0 heterocycles. The molecule has 1 rings (SSSR count). The van der Waals surface area contributed by atoms with Crippen molar-refractivity contribution in [1.29, 1.82) is 0 Å². The molecule has 0 fully saturated rings. The molecule has 1 aromatic carbocycles. The Balaban J connectivity index is 2.85. The minimum Gasteiger partial charge on any atom is -0.379 e. The molecule has 0 radical (unpaired) electrons. The summed E-state index contributed by atoms with van der Waals surface area (Å²) in [7, 11) is 1.80. The van der Waals surface area contributed by atoms with Crippen LogP contribution >= 0.6 is 0 Å². The molecule has 0 aliphatic rings. The lowest BCUT2D eigenvalue weighted by Gasteiger charge is -2.37. The summed E-state index contributed by atoms with van der Waals surface area (Å²) in [4.78, 5) is 0. The van der Waals surface area contributed by atoms with Crippen LogP contribution in [-0.2, 0) is 10.2 Å². The fraction of sp³-hybridized carbons (Fsp3) is 0.684. The van der Waals surface area contributed by atoms with Crippen LogP contribution in [0.15, 0.2) is 30.3 Å². The maximum atomic E-state index is 5.58. The van der Waals surface area contributed by atoms with E-state index in [1.54, 1.807) is 7.11 Å². The van der Waals surface area contributed by atoms with E-state index < -0.39 is 0 Å². The van der Waals surface area contributed by atoms with Crippen LogP contribution in [0.2, 0.25) is 0 Å². The molecule has 1 atom stereocenters. The molecule has 0 saturated heterocycles. The summed E-state index contributed by atoms with van der Waals surface area (Å²) in [5.74, 6) is 0. The topological polar surface area (TPSA) is 21.3 Å². The molecule has 0 aliphatic heterocycles. The highest BCUT2D eigenvalue weighted by molar-refractivity contribution is 5.25. The molecule has 1 unspecified atom stereocenters. The molecule has 0 bridgehead atoms. The average Bonchev–Trinajstić information content (AvgIpc) is 2.48. The first-order valence-electron chi connectivity index (χ1n) is 8.17. The van der Waals surface area contributed by atoms with E-state index in [1.807, 2.05) is 0 Å². The quantitative estimate of drug-likeness (QED) is 0.721. The Morgan fingerprint density at radius 3 is 2.24 bits per heavy atom. The molecule has 2 heteroatoms. The molecule has 0 aromatic heterocycles. The van der Waals surface area contributed by atoms with Gasteiger partial charge in [0.2, 0.25) is 0 Å². The maximum absolute atomic E-state index is 5.58. The number of ether oxygens (including phenoxy) is 1. The van der Waals surface area contributed by atoms with Gasteiger partial charge in [-0.15, -0.1) is 0 Å². The van der Waals surface area contributed by atoms with E-state index in [-0.39, 0.29) is 11.0 Å². The van der Waals surface area contributed by atoms with Crippen LogP contribution < -0.4 is 5.32 Å². The van der Waals surface area contributed by atoms with Gasteiger partial charge >= 0.3 is 0 Å². The van der Waals surface area contributed by atoms with Crippen molar-refractivity contribution in [2.45, 2.75) is 70.9 Å². The molecule has 2 nitrogen and oxygen atoms in total. The van der Waals surface area contributed by atoms with Crippen molar-refractivity contribution in [2.24, 2.45) is 0 Å². The maximum Gasteiger partial charge on any atom is 0.0623 e. The minimum absolute atomic E-state index is 0.0566. The first kappa shape index (κ1) is 18.2. The predicted octanol–water partition coefficient (Wildman–Crippen LogP) is 4.54. The monoisotopic (exact) mass is 291 g/mol. The third-order valence-electron chi connectivity index (χ3n) is 4.62. The summed E-state index contributed by atoms with van der Waals surface area (Å²) in [6.45, 7) is 12.3. The van der Waals surface area contributed by atoms with E-state index in [1.165, 1.54) is 5.56 Å². The number of rotatable bonds is 9. The summed E-state index contributed by atoms with van der Waals surface area (Å²) in [6.07, 6.45) is 3.33. The number of hydrogen-bond donors (Lipinski definition) is 1. The van der Waals surface area contributed by atoms with Crippen molar-refractivity contribution in [3.8, 4) is 0 Å². The van der Waals surface area contributed by atoms with Crippen LogP contribution in [-0.4, -0.2) is 25.3 Å². The summed E-state index contributed by atoms with van der Waals surface area (Å²) in [6, 6.07) is 11.3. The highest BCUT2D eigenvalue weighted by Gasteiger charge is 2.32. The lowest BCUT2D eigenvalue weighted by molar-refractivity contribution is 0.00991. The van der Waals surface area contributed by atoms with Crippen molar-refractivity contribution < 1.29 is 4.74 Å². The first-order valence-corrected chi connectivity index (χ1v) is 8.17. The zero-order valence-corrected chi connectivity index (χ0v) is 14.7. The fourth-order valence-electron chi connectivity index (χ4n) is 2.70. The number of nitrogens with one attached hydrogen (secondary N) is 1. The SMILES string of the molecule is CCCNC(CCC(C)(C)OC)C(C)(C)c1ccccc1. The van der Waals surface area contributed by atoms with E-state index in [0.717, 1.165) is 25.8 Å². The van der Waals surface area contributed by atoms with Crippen LogP contribution in [0.25, 0.3) is 0 Å². The van der Waals surface area contributed by atoms with Crippen LogP contribution in [0.5, 0.6) is 0 Å². The number of hydrogen-bond acceptors (Lipinski definition) is 2. The van der Waals surface area contributed by atoms with E-state index in [0.29, 0.717) is 6.04 Å². The van der Waals surface area contributed by atoms with Crippen molar-refractivity contribution in [2.75, 3.05) is 13.7 Å². The molecule has 21 heavy (non-hydrogen) atoms. The van der Waals surface area contributed by atoms with Gasteiger partial charge in [0, 0.05) is 18.6 Å². The molecular formula is C19H33NO. The van der Waals surface area contributed by atoms with Gasteiger partial charge in [-0.3, -0.25) is 0 Å². The van der Waals surface area contributed by atoms with Crippen LogP contribution in [0.3, 0.4) is 0 Å². The minimum atomic E-state index is -0.0566. The van der Waals surface area contributed by atoms with Gasteiger partial charge in [0.25, 0.3) is 0 Å².